The van der Waals surface area contributed by atoms with Crippen molar-refractivity contribution in [2.45, 2.75) is 26.2 Å². The van der Waals surface area contributed by atoms with E-state index >= 15 is 0 Å². The van der Waals surface area contributed by atoms with Gasteiger partial charge in [-0.3, -0.25) is 0 Å². The molecule has 106 valence electrons. The van der Waals surface area contributed by atoms with Crippen LogP contribution >= 0.6 is 0 Å². The van der Waals surface area contributed by atoms with Gasteiger partial charge in [0.2, 0.25) is 5.88 Å². The molecule has 4 heteroatoms. The van der Waals surface area contributed by atoms with E-state index in [-0.39, 0.29) is 5.41 Å². The van der Waals surface area contributed by atoms with E-state index in [1.807, 2.05) is 19.1 Å². The highest BCUT2D eigenvalue weighted by Crippen LogP contribution is 2.23. The first-order valence-electron chi connectivity index (χ1n) is 6.86. The SMILES string of the molecule is CCOc1cc(NCC(C)(C)c2ccccc2)ncn1. The molecule has 2 aromatic rings. The largest absolute Gasteiger partial charge is 0.478 e. The summed E-state index contributed by atoms with van der Waals surface area (Å²) in [4.78, 5) is 8.27. The first-order valence-corrected chi connectivity index (χ1v) is 6.86. The molecule has 0 saturated heterocycles. The number of ether oxygens (including phenoxy) is 1. The highest BCUT2D eigenvalue weighted by atomic mass is 16.5. The number of hydrogen-bond acceptors (Lipinski definition) is 4. The minimum atomic E-state index is 0.0258. The summed E-state index contributed by atoms with van der Waals surface area (Å²) in [6.45, 7) is 7.75. The molecule has 4 nitrogen and oxygen atoms in total. The Labute approximate surface area is 120 Å². The van der Waals surface area contributed by atoms with Crippen molar-refractivity contribution in [2.24, 2.45) is 0 Å². The van der Waals surface area contributed by atoms with E-state index in [9.17, 15) is 0 Å². The van der Waals surface area contributed by atoms with Crippen molar-refractivity contribution < 1.29 is 4.74 Å². The maximum absolute atomic E-state index is 5.37. The van der Waals surface area contributed by atoms with E-state index < -0.39 is 0 Å². The second-order valence-electron chi connectivity index (χ2n) is 5.28. The first-order chi connectivity index (χ1) is 9.62. The molecule has 0 bridgehead atoms. The molecule has 0 amide bonds. The van der Waals surface area contributed by atoms with E-state index in [1.54, 1.807) is 0 Å². The molecule has 1 N–H and O–H groups in total. The van der Waals surface area contributed by atoms with Gasteiger partial charge in [0.1, 0.15) is 12.1 Å². The third kappa shape index (κ3) is 3.70. The highest BCUT2D eigenvalue weighted by molar-refractivity contribution is 5.38. The van der Waals surface area contributed by atoms with Crippen LogP contribution in [-0.4, -0.2) is 23.1 Å². The van der Waals surface area contributed by atoms with Gasteiger partial charge in [0, 0.05) is 18.0 Å². The predicted molar refractivity (Wildman–Crippen MR) is 81.2 cm³/mol. The Kier molecular flexibility index (Phi) is 4.56. The molecule has 0 saturated carbocycles. The van der Waals surface area contributed by atoms with Crippen molar-refractivity contribution in [1.82, 2.24) is 9.97 Å². The van der Waals surface area contributed by atoms with Crippen molar-refractivity contribution >= 4 is 5.82 Å². The zero-order valence-electron chi connectivity index (χ0n) is 12.3. The number of nitrogens with zero attached hydrogens (tertiary/aromatic N) is 2. The maximum Gasteiger partial charge on any atom is 0.218 e. The normalized spacial score (nSPS) is 11.2. The summed E-state index contributed by atoms with van der Waals surface area (Å²) in [5.41, 5.74) is 1.32. The number of benzene rings is 1. The van der Waals surface area contributed by atoms with Crippen LogP contribution in [0, 0.1) is 0 Å². The van der Waals surface area contributed by atoms with Crippen LogP contribution in [0.15, 0.2) is 42.7 Å². The second-order valence-corrected chi connectivity index (χ2v) is 5.28. The first kappa shape index (κ1) is 14.3. The zero-order chi connectivity index (χ0) is 14.4. The van der Waals surface area contributed by atoms with Gasteiger partial charge in [-0.15, -0.1) is 0 Å². The van der Waals surface area contributed by atoms with Crippen molar-refractivity contribution in [3.63, 3.8) is 0 Å². The number of rotatable bonds is 6. The monoisotopic (exact) mass is 271 g/mol. The van der Waals surface area contributed by atoms with Crippen molar-refractivity contribution in [1.29, 1.82) is 0 Å². The van der Waals surface area contributed by atoms with Crippen molar-refractivity contribution in [3.05, 3.63) is 48.3 Å². The van der Waals surface area contributed by atoms with Crippen LogP contribution in [0.4, 0.5) is 5.82 Å². The average molecular weight is 271 g/mol. The molecular weight excluding hydrogens is 250 g/mol. The molecule has 0 radical (unpaired) electrons. The molecule has 0 atom stereocenters. The Morgan fingerprint density at radius 3 is 2.60 bits per heavy atom. The molecule has 20 heavy (non-hydrogen) atoms. The predicted octanol–water partition coefficient (Wildman–Crippen LogP) is 3.27. The fourth-order valence-electron chi connectivity index (χ4n) is 1.97. The Morgan fingerprint density at radius 2 is 1.90 bits per heavy atom. The number of nitrogens with one attached hydrogen (secondary N) is 1. The minimum absolute atomic E-state index is 0.0258. The Hall–Kier alpha value is -2.10. The summed E-state index contributed by atoms with van der Waals surface area (Å²) >= 11 is 0. The molecule has 0 fully saturated rings. The zero-order valence-corrected chi connectivity index (χ0v) is 12.3. The van der Waals surface area contributed by atoms with E-state index in [1.165, 1.54) is 11.9 Å². The molecule has 0 aliphatic rings. The molecule has 1 aromatic carbocycles. The van der Waals surface area contributed by atoms with Gasteiger partial charge in [-0.1, -0.05) is 44.2 Å². The molecular formula is C16H21N3O. The van der Waals surface area contributed by atoms with E-state index in [4.69, 9.17) is 4.74 Å². The topological polar surface area (TPSA) is 47.0 Å². The Bertz CT molecular complexity index is 540. The minimum Gasteiger partial charge on any atom is -0.478 e. The van der Waals surface area contributed by atoms with Crippen LogP contribution in [0.25, 0.3) is 0 Å². The summed E-state index contributed by atoms with van der Waals surface area (Å²) < 4.78 is 5.37. The van der Waals surface area contributed by atoms with Crippen LogP contribution in [0.5, 0.6) is 5.88 Å². The van der Waals surface area contributed by atoms with Gasteiger partial charge in [0.05, 0.1) is 6.61 Å². The van der Waals surface area contributed by atoms with Gasteiger partial charge in [0.15, 0.2) is 0 Å². The Balaban J connectivity index is 2.02. The summed E-state index contributed by atoms with van der Waals surface area (Å²) in [5, 5.41) is 3.35. The lowest BCUT2D eigenvalue weighted by atomic mass is 9.85. The van der Waals surface area contributed by atoms with Crippen LogP contribution < -0.4 is 10.1 Å². The number of anilines is 1. The number of hydrogen-bond donors (Lipinski definition) is 1. The van der Waals surface area contributed by atoms with Crippen LogP contribution in [-0.2, 0) is 5.41 Å². The standard InChI is InChI=1S/C16H21N3O/c1-4-20-15-10-14(18-12-19-15)17-11-16(2,3)13-8-6-5-7-9-13/h5-10,12H,4,11H2,1-3H3,(H,17,18,19). The van der Waals surface area contributed by atoms with Crippen LogP contribution in [0.1, 0.15) is 26.3 Å². The van der Waals surface area contributed by atoms with Gasteiger partial charge in [-0.25, -0.2) is 9.97 Å². The fraction of sp³-hybridized carbons (Fsp3) is 0.375. The lowest BCUT2D eigenvalue weighted by Crippen LogP contribution is -2.27. The third-order valence-electron chi connectivity index (χ3n) is 3.20. The van der Waals surface area contributed by atoms with Gasteiger partial charge in [-0.05, 0) is 12.5 Å². The molecule has 0 aliphatic carbocycles. The smallest absolute Gasteiger partial charge is 0.218 e. The summed E-state index contributed by atoms with van der Waals surface area (Å²) in [6, 6.07) is 12.3. The van der Waals surface area contributed by atoms with Gasteiger partial charge >= 0.3 is 0 Å². The number of aromatic nitrogens is 2. The van der Waals surface area contributed by atoms with E-state index in [0.717, 1.165) is 12.4 Å². The lowest BCUT2D eigenvalue weighted by molar-refractivity contribution is 0.326. The van der Waals surface area contributed by atoms with E-state index in [0.29, 0.717) is 12.5 Å². The average Bonchev–Trinajstić information content (AvgIpc) is 2.47. The van der Waals surface area contributed by atoms with Crippen molar-refractivity contribution in [3.8, 4) is 5.88 Å². The Morgan fingerprint density at radius 1 is 1.15 bits per heavy atom. The fourth-order valence-corrected chi connectivity index (χ4v) is 1.97. The molecule has 1 aromatic heterocycles. The van der Waals surface area contributed by atoms with Crippen molar-refractivity contribution in [2.75, 3.05) is 18.5 Å². The van der Waals surface area contributed by atoms with Gasteiger partial charge < -0.3 is 10.1 Å². The molecule has 0 spiro atoms. The van der Waals surface area contributed by atoms with Gasteiger partial charge in [-0.2, -0.15) is 0 Å². The third-order valence-corrected chi connectivity index (χ3v) is 3.20. The summed E-state index contributed by atoms with van der Waals surface area (Å²) in [7, 11) is 0. The van der Waals surface area contributed by atoms with E-state index in [2.05, 4.69) is 53.4 Å². The van der Waals surface area contributed by atoms with Crippen LogP contribution in [0.2, 0.25) is 0 Å². The molecule has 2 rings (SSSR count). The highest BCUT2D eigenvalue weighted by Gasteiger charge is 2.20. The lowest BCUT2D eigenvalue weighted by Gasteiger charge is -2.26. The molecule has 0 unspecified atom stereocenters. The second kappa shape index (κ2) is 6.37. The summed E-state index contributed by atoms with van der Waals surface area (Å²) in [6.07, 6.45) is 1.52. The summed E-state index contributed by atoms with van der Waals surface area (Å²) in [5.74, 6) is 1.38. The molecule has 0 aliphatic heterocycles. The van der Waals surface area contributed by atoms with Gasteiger partial charge in [0.25, 0.3) is 0 Å². The van der Waals surface area contributed by atoms with Crippen LogP contribution in [0.3, 0.4) is 0 Å². The molecule has 1 heterocycles. The quantitative estimate of drug-likeness (QED) is 0.876. The maximum atomic E-state index is 5.37.